The molecule has 0 spiro atoms. The smallest absolute Gasteiger partial charge is 0.127 e. The summed E-state index contributed by atoms with van der Waals surface area (Å²) in [6, 6.07) is 10.9. The molecule has 1 unspecified atom stereocenters. The monoisotopic (exact) mass is 284 g/mol. The summed E-state index contributed by atoms with van der Waals surface area (Å²) < 4.78 is 13.5. The van der Waals surface area contributed by atoms with E-state index in [9.17, 15) is 4.39 Å². The summed E-state index contributed by atoms with van der Waals surface area (Å²) >= 11 is 5.21. The molecule has 2 aromatic rings. The van der Waals surface area contributed by atoms with E-state index in [1.54, 1.807) is 17.4 Å². The van der Waals surface area contributed by atoms with Gasteiger partial charge >= 0.3 is 0 Å². The molecule has 0 nitrogen and oxygen atoms in total. The van der Waals surface area contributed by atoms with Crippen LogP contribution in [0.2, 0.25) is 0 Å². The van der Waals surface area contributed by atoms with Gasteiger partial charge in [-0.3, -0.25) is 0 Å². The SMILES string of the molecule is Cc1ccc(C(Br)c2ccccc2F)s1. The molecule has 0 saturated carbocycles. The fourth-order valence-electron chi connectivity index (χ4n) is 1.42. The fourth-order valence-corrected chi connectivity index (χ4v) is 3.10. The molecule has 3 heteroatoms. The summed E-state index contributed by atoms with van der Waals surface area (Å²) in [6.45, 7) is 2.05. The molecule has 1 aromatic heterocycles. The van der Waals surface area contributed by atoms with Gasteiger partial charge in [-0.15, -0.1) is 11.3 Å². The zero-order valence-corrected chi connectivity index (χ0v) is 10.6. The van der Waals surface area contributed by atoms with Crippen molar-refractivity contribution < 1.29 is 4.39 Å². The maximum absolute atomic E-state index is 13.5. The van der Waals surface area contributed by atoms with Gasteiger partial charge in [0.1, 0.15) is 5.82 Å². The highest BCUT2D eigenvalue weighted by atomic mass is 79.9. The third-order valence-electron chi connectivity index (χ3n) is 2.19. The topological polar surface area (TPSA) is 0 Å². The zero-order chi connectivity index (χ0) is 10.8. The first-order chi connectivity index (χ1) is 7.18. The lowest BCUT2D eigenvalue weighted by molar-refractivity contribution is 0.614. The average molecular weight is 285 g/mol. The first kappa shape index (κ1) is 10.8. The molecule has 0 saturated heterocycles. The molecule has 0 N–H and O–H groups in total. The van der Waals surface area contributed by atoms with Crippen LogP contribution >= 0.6 is 27.3 Å². The number of alkyl halides is 1. The van der Waals surface area contributed by atoms with Gasteiger partial charge in [-0.2, -0.15) is 0 Å². The normalized spacial score (nSPS) is 12.7. The highest BCUT2D eigenvalue weighted by Crippen LogP contribution is 2.36. The van der Waals surface area contributed by atoms with Crippen molar-refractivity contribution in [1.82, 2.24) is 0 Å². The maximum Gasteiger partial charge on any atom is 0.127 e. The van der Waals surface area contributed by atoms with E-state index >= 15 is 0 Å². The quantitative estimate of drug-likeness (QED) is 0.703. The van der Waals surface area contributed by atoms with E-state index in [1.165, 1.54) is 10.9 Å². The summed E-state index contributed by atoms with van der Waals surface area (Å²) in [5.41, 5.74) is 0.694. The van der Waals surface area contributed by atoms with Crippen molar-refractivity contribution in [2.75, 3.05) is 0 Å². The average Bonchev–Trinajstić information content (AvgIpc) is 2.65. The first-order valence-electron chi connectivity index (χ1n) is 4.63. The van der Waals surface area contributed by atoms with Crippen molar-refractivity contribution in [3.8, 4) is 0 Å². The summed E-state index contributed by atoms with van der Waals surface area (Å²) in [4.78, 5) is 2.33. The Morgan fingerprint density at radius 1 is 1.20 bits per heavy atom. The molecule has 0 aliphatic carbocycles. The zero-order valence-electron chi connectivity index (χ0n) is 8.21. The van der Waals surface area contributed by atoms with E-state index in [-0.39, 0.29) is 10.6 Å². The van der Waals surface area contributed by atoms with E-state index in [0.29, 0.717) is 5.56 Å². The van der Waals surface area contributed by atoms with Gasteiger partial charge in [-0.25, -0.2) is 4.39 Å². The largest absolute Gasteiger partial charge is 0.207 e. The summed E-state index contributed by atoms with van der Waals surface area (Å²) in [7, 11) is 0. The van der Waals surface area contributed by atoms with Crippen molar-refractivity contribution in [3.05, 3.63) is 57.5 Å². The molecule has 15 heavy (non-hydrogen) atoms. The molecule has 0 fully saturated rings. The predicted molar refractivity (Wildman–Crippen MR) is 66.2 cm³/mol. The number of aryl methyl sites for hydroxylation is 1. The molecular formula is C12H10BrFS. The Morgan fingerprint density at radius 2 is 1.93 bits per heavy atom. The van der Waals surface area contributed by atoms with Crippen molar-refractivity contribution >= 4 is 27.3 Å². The van der Waals surface area contributed by atoms with Crippen LogP contribution in [0.25, 0.3) is 0 Å². The molecule has 0 aliphatic rings. The minimum absolute atomic E-state index is 0.0441. The minimum Gasteiger partial charge on any atom is -0.207 e. The standard InChI is InChI=1S/C12H10BrFS/c1-8-6-7-11(15-8)12(13)9-4-2-3-5-10(9)14/h2-7,12H,1H3. The van der Waals surface area contributed by atoms with Gasteiger partial charge < -0.3 is 0 Å². The van der Waals surface area contributed by atoms with Gasteiger partial charge in [-0.1, -0.05) is 34.1 Å². The Bertz CT molecular complexity index is 464. The van der Waals surface area contributed by atoms with Crippen molar-refractivity contribution in [2.45, 2.75) is 11.8 Å². The van der Waals surface area contributed by atoms with Crippen LogP contribution in [0.3, 0.4) is 0 Å². The third-order valence-corrected chi connectivity index (χ3v) is 4.54. The van der Waals surface area contributed by atoms with E-state index < -0.39 is 0 Å². The maximum atomic E-state index is 13.5. The van der Waals surface area contributed by atoms with E-state index in [1.807, 2.05) is 18.2 Å². The lowest BCUT2D eigenvalue weighted by Crippen LogP contribution is -1.93. The van der Waals surface area contributed by atoms with E-state index in [4.69, 9.17) is 0 Å². The van der Waals surface area contributed by atoms with E-state index in [2.05, 4.69) is 28.9 Å². The second kappa shape index (κ2) is 4.45. The van der Waals surface area contributed by atoms with Gasteiger partial charge in [-0.05, 0) is 25.1 Å². The number of hydrogen-bond acceptors (Lipinski definition) is 1. The molecular weight excluding hydrogens is 275 g/mol. The Labute approximate surface area is 101 Å². The molecule has 1 atom stereocenters. The summed E-state index contributed by atoms with van der Waals surface area (Å²) in [6.07, 6.45) is 0. The van der Waals surface area contributed by atoms with Crippen LogP contribution in [-0.4, -0.2) is 0 Å². The number of halogens is 2. The highest BCUT2D eigenvalue weighted by molar-refractivity contribution is 9.09. The van der Waals surface area contributed by atoms with Gasteiger partial charge in [0.15, 0.2) is 0 Å². The Morgan fingerprint density at radius 3 is 2.53 bits per heavy atom. The van der Waals surface area contributed by atoms with Crippen molar-refractivity contribution in [3.63, 3.8) is 0 Å². The van der Waals surface area contributed by atoms with Gasteiger partial charge in [0, 0.05) is 15.3 Å². The summed E-state index contributed by atoms with van der Waals surface area (Å²) in [5, 5.41) is 0. The van der Waals surface area contributed by atoms with Crippen LogP contribution < -0.4 is 0 Å². The molecule has 0 radical (unpaired) electrons. The van der Waals surface area contributed by atoms with Crippen LogP contribution in [0.5, 0.6) is 0 Å². The van der Waals surface area contributed by atoms with Crippen molar-refractivity contribution in [1.29, 1.82) is 0 Å². The molecule has 0 aliphatic heterocycles. The predicted octanol–water partition coefficient (Wildman–Crippen LogP) is 4.68. The molecule has 0 amide bonds. The third kappa shape index (κ3) is 2.29. The second-order valence-electron chi connectivity index (χ2n) is 3.33. The van der Waals surface area contributed by atoms with Gasteiger partial charge in [0.05, 0.1) is 4.83 Å². The van der Waals surface area contributed by atoms with Gasteiger partial charge in [0.2, 0.25) is 0 Å². The number of rotatable bonds is 2. The second-order valence-corrected chi connectivity index (χ2v) is 5.57. The molecule has 1 aromatic carbocycles. The Kier molecular flexibility index (Phi) is 3.22. The lowest BCUT2D eigenvalue weighted by Gasteiger charge is -2.08. The molecule has 78 valence electrons. The fraction of sp³-hybridized carbons (Fsp3) is 0.167. The number of benzene rings is 1. The first-order valence-corrected chi connectivity index (χ1v) is 6.36. The molecule has 1 heterocycles. The van der Waals surface area contributed by atoms with Crippen LogP contribution in [0.4, 0.5) is 4.39 Å². The van der Waals surface area contributed by atoms with Crippen LogP contribution in [0, 0.1) is 12.7 Å². The molecule has 0 bridgehead atoms. The number of hydrogen-bond donors (Lipinski definition) is 0. The summed E-state index contributed by atoms with van der Waals surface area (Å²) in [5.74, 6) is -0.162. The van der Waals surface area contributed by atoms with Crippen molar-refractivity contribution in [2.24, 2.45) is 0 Å². The van der Waals surface area contributed by atoms with Crippen LogP contribution in [0.15, 0.2) is 36.4 Å². The Balaban J connectivity index is 2.36. The minimum atomic E-state index is -0.162. The van der Waals surface area contributed by atoms with Crippen LogP contribution in [-0.2, 0) is 0 Å². The van der Waals surface area contributed by atoms with Gasteiger partial charge in [0.25, 0.3) is 0 Å². The Hall–Kier alpha value is -0.670. The van der Waals surface area contributed by atoms with E-state index in [0.717, 1.165) is 4.88 Å². The molecule has 2 rings (SSSR count). The number of thiophene rings is 1. The highest BCUT2D eigenvalue weighted by Gasteiger charge is 2.15. The van der Waals surface area contributed by atoms with Crippen LogP contribution in [0.1, 0.15) is 20.1 Å². The lowest BCUT2D eigenvalue weighted by atomic mass is 10.1.